The van der Waals surface area contributed by atoms with Crippen LogP contribution >= 0.6 is 0 Å². The van der Waals surface area contributed by atoms with Crippen LogP contribution in [0.25, 0.3) is 0 Å². The standard InChI is InChI=1S/C15H21NO5/c1-2-3-9-20-15(19)13(12(16)14(17)18)21-10-11-7-5-4-6-8-11/h4-8,12-13H,2-3,9-10,16H2,1H3,(H,17,18). The smallest absolute Gasteiger partial charge is 0.337 e. The van der Waals surface area contributed by atoms with Gasteiger partial charge in [0.15, 0.2) is 6.10 Å². The molecule has 0 saturated heterocycles. The van der Waals surface area contributed by atoms with Gasteiger partial charge in [-0.1, -0.05) is 43.7 Å². The van der Waals surface area contributed by atoms with Crippen LogP contribution in [0.5, 0.6) is 0 Å². The number of benzene rings is 1. The van der Waals surface area contributed by atoms with Gasteiger partial charge in [-0.25, -0.2) is 4.79 Å². The van der Waals surface area contributed by atoms with E-state index in [9.17, 15) is 9.59 Å². The van der Waals surface area contributed by atoms with E-state index in [0.717, 1.165) is 12.0 Å². The minimum absolute atomic E-state index is 0.0926. The summed E-state index contributed by atoms with van der Waals surface area (Å²) in [5.41, 5.74) is 6.33. The summed E-state index contributed by atoms with van der Waals surface area (Å²) < 4.78 is 10.4. The first-order valence-corrected chi connectivity index (χ1v) is 6.86. The zero-order valence-electron chi connectivity index (χ0n) is 12.0. The quantitative estimate of drug-likeness (QED) is 0.526. The Morgan fingerprint density at radius 1 is 1.29 bits per heavy atom. The minimum atomic E-state index is -1.46. The summed E-state index contributed by atoms with van der Waals surface area (Å²) in [5.74, 6) is -2.05. The second kappa shape index (κ2) is 9.10. The van der Waals surface area contributed by atoms with E-state index >= 15 is 0 Å². The molecule has 0 saturated carbocycles. The summed E-state index contributed by atoms with van der Waals surface area (Å²) in [4.78, 5) is 22.9. The first kappa shape index (κ1) is 17.1. The maximum atomic E-state index is 11.9. The maximum absolute atomic E-state index is 11.9. The SMILES string of the molecule is CCCCOC(=O)C(OCc1ccccc1)C(N)C(=O)O. The summed E-state index contributed by atoms with van der Waals surface area (Å²) >= 11 is 0. The van der Waals surface area contributed by atoms with Crippen LogP contribution < -0.4 is 5.73 Å². The molecule has 116 valence electrons. The number of rotatable bonds is 9. The van der Waals surface area contributed by atoms with Crippen LogP contribution in [0.3, 0.4) is 0 Å². The van der Waals surface area contributed by atoms with Crippen LogP contribution in [-0.4, -0.2) is 35.8 Å². The molecule has 0 aliphatic rings. The van der Waals surface area contributed by atoms with Gasteiger partial charge in [0, 0.05) is 0 Å². The zero-order valence-corrected chi connectivity index (χ0v) is 12.0. The first-order valence-electron chi connectivity index (χ1n) is 6.86. The van der Waals surface area contributed by atoms with E-state index in [-0.39, 0.29) is 13.2 Å². The van der Waals surface area contributed by atoms with Crippen molar-refractivity contribution in [2.45, 2.75) is 38.5 Å². The summed E-state index contributed by atoms with van der Waals surface area (Å²) in [5, 5.41) is 8.96. The average Bonchev–Trinajstić information content (AvgIpc) is 2.48. The molecular weight excluding hydrogens is 274 g/mol. The maximum Gasteiger partial charge on any atom is 0.337 e. The molecule has 0 radical (unpaired) electrons. The Morgan fingerprint density at radius 3 is 2.52 bits per heavy atom. The first-order chi connectivity index (χ1) is 10.1. The fourth-order valence-electron chi connectivity index (χ4n) is 1.61. The Bertz CT molecular complexity index is 449. The molecule has 0 amide bonds. The number of carbonyl (C=O) groups is 2. The molecule has 2 atom stereocenters. The third kappa shape index (κ3) is 5.93. The van der Waals surface area contributed by atoms with E-state index in [1.807, 2.05) is 37.3 Å². The Hall–Kier alpha value is -1.92. The largest absolute Gasteiger partial charge is 0.480 e. The summed E-state index contributed by atoms with van der Waals surface area (Å²) in [6.07, 6.45) is 0.257. The highest BCUT2D eigenvalue weighted by atomic mass is 16.6. The van der Waals surface area contributed by atoms with Crippen LogP contribution in [0.1, 0.15) is 25.3 Å². The van der Waals surface area contributed by atoms with E-state index in [1.165, 1.54) is 0 Å². The van der Waals surface area contributed by atoms with Crippen LogP contribution in [0.15, 0.2) is 30.3 Å². The van der Waals surface area contributed by atoms with Gasteiger partial charge in [0.25, 0.3) is 0 Å². The number of nitrogens with two attached hydrogens (primary N) is 1. The molecule has 0 spiro atoms. The predicted molar refractivity (Wildman–Crippen MR) is 76.5 cm³/mol. The third-order valence-corrected chi connectivity index (χ3v) is 2.86. The molecule has 1 aromatic rings. The molecule has 3 N–H and O–H groups in total. The van der Waals surface area contributed by atoms with Gasteiger partial charge in [0.05, 0.1) is 13.2 Å². The lowest BCUT2D eigenvalue weighted by Gasteiger charge is -2.20. The van der Waals surface area contributed by atoms with E-state index < -0.39 is 24.1 Å². The van der Waals surface area contributed by atoms with Crippen molar-refractivity contribution >= 4 is 11.9 Å². The van der Waals surface area contributed by atoms with Gasteiger partial charge in [-0.15, -0.1) is 0 Å². The number of esters is 1. The zero-order chi connectivity index (χ0) is 15.7. The molecule has 6 heteroatoms. The Kier molecular flexibility index (Phi) is 7.42. The Balaban J connectivity index is 2.63. The number of hydrogen-bond acceptors (Lipinski definition) is 5. The highest BCUT2D eigenvalue weighted by molar-refractivity contribution is 5.85. The van der Waals surface area contributed by atoms with E-state index in [4.69, 9.17) is 20.3 Å². The molecule has 1 aromatic carbocycles. The van der Waals surface area contributed by atoms with Gasteiger partial charge in [0.2, 0.25) is 0 Å². The lowest BCUT2D eigenvalue weighted by atomic mass is 10.1. The molecule has 21 heavy (non-hydrogen) atoms. The average molecular weight is 295 g/mol. The van der Waals surface area contributed by atoms with Crippen molar-refractivity contribution < 1.29 is 24.2 Å². The molecule has 0 fully saturated rings. The molecule has 1 rings (SSSR count). The predicted octanol–water partition coefficient (Wildman–Crippen LogP) is 1.33. The summed E-state index contributed by atoms with van der Waals surface area (Å²) in [6.45, 7) is 2.28. The van der Waals surface area contributed by atoms with Crippen molar-refractivity contribution in [3.8, 4) is 0 Å². The number of carbonyl (C=O) groups excluding carboxylic acids is 1. The molecular formula is C15H21NO5. The van der Waals surface area contributed by atoms with Gasteiger partial charge in [0.1, 0.15) is 6.04 Å². The van der Waals surface area contributed by atoms with Crippen molar-refractivity contribution in [3.63, 3.8) is 0 Å². The van der Waals surface area contributed by atoms with Gasteiger partial charge < -0.3 is 20.3 Å². The van der Waals surface area contributed by atoms with Gasteiger partial charge in [-0.05, 0) is 12.0 Å². The minimum Gasteiger partial charge on any atom is -0.480 e. The van der Waals surface area contributed by atoms with Gasteiger partial charge in [-0.2, -0.15) is 0 Å². The van der Waals surface area contributed by atoms with Crippen molar-refractivity contribution in [3.05, 3.63) is 35.9 Å². The normalized spacial score (nSPS) is 13.4. The highest BCUT2D eigenvalue weighted by Gasteiger charge is 2.33. The van der Waals surface area contributed by atoms with Crippen molar-refractivity contribution in [1.29, 1.82) is 0 Å². The monoisotopic (exact) mass is 295 g/mol. The third-order valence-electron chi connectivity index (χ3n) is 2.86. The summed E-state index contributed by atoms with van der Waals surface area (Å²) in [6, 6.07) is 7.66. The molecule has 0 aromatic heterocycles. The molecule has 0 aliphatic heterocycles. The fraction of sp³-hybridized carbons (Fsp3) is 0.467. The highest BCUT2D eigenvalue weighted by Crippen LogP contribution is 2.08. The van der Waals surface area contributed by atoms with Crippen molar-refractivity contribution in [1.82, 2.24) is 0 Å². The van der Waals surface area contributed by atoms with Crippen LogP contribution in [-0.2, 0) is 25.7 Å². The molecule has 0 aliphatic carbocycles. The lowest BCUT2D eigenvalue weighted by molar-refractivity contribution is -0.165. The lowest BCUT2D eigenvalue weighted by Crippen LogP contribution is -2.48. The summed E-state index contributed by atoms with van der Waals surface area (Å²) in [7, 11) is 0. The van der Waals surface area contributed by atoms with E-state index in [1.54, 1.807) is 0 Å². The van der Waals surface area contributed by atoms with Gasteiger partial charge in [-0.3, -0.25) is 4.79 Å². The number of carboxylic acid groups (broad SMARTS) is 1. The molecule has 2 unspecified atom stereocenters. The number of unbranched alkanes of at least 4 members (excludes halogenated alkanes) is 1. The second-order valence-corrected chi connectivity index (χ2v) is 4.60. The number of ether oxygens (including phenoxy) is 2. The Labute approximate surface area is 123 Å². The van der Waals surface area contributed by atoms with Gasteiger partial charge >= 0.3 is 11.9 Å². The van der Waals surface area contributed by atoms with Crippen LogP contribution in [0.4, 0.5) is 0 Å². The van der Waals surface area contributed by atoms with Crippen LogP contribution in [0.2, 0.25) is 0 Å². The molecule has 0 bridgehead atoms. The second-order valence-electron chi connectivity index (χ2n) is 4.60. The molecule has 6 nitrogen and oxygen atoms in total. The topological polar surface area (TPSA) is 98.9 Å². The Morgan fingerprint density at radius 2 is 1.95 bits per heavy atom. The fourth-order valence-corrected chi connectivity index (χ4v) is 1.61. The number of aliphatic carboxylic acids is 1. The van der Waals surface area contributed by atoms with Crippen molar-refractivity contribution in [2.24, 2.45) is 5.73 Å². The number of hydrogen-bond donors (Lipinski definition) is 2. The van der Waals surface area contributed by atoms with E-state index in [2.05, 4.69) is 0 Å². The van der Waals surface area contributed by atoms with E-state index in [0.29, 0.717) is 6.42 Å². The number of carboxylic acids is 1. The van der Waals surface area contributed by atoms with Crippen molar-refractivity contribution in [2.75, 3.05) is 6.61 Å². The van der Waals surface area contributed by atoms with Crippen LogP contribution in [0, 0.1) is 0 Å². The molecule has 0 heterocycles.